The molecule has 1 aliphatic rings. The van der Waals surface area contributed by atoms with Gasteiger partial charge in [0, 0.05) is 18.8 Å². The molecule has 0 spiro atoms. The van der Waals surface area contributed by atoms with Crippen LogP contribution < -0.4 is 5.32 Å². The molecule has 0 aromatic carbocycles. The fraction of sp³-hybridized carbons (Fsp3) is 0.385. The van der Waals surface area contributed by atoms with Gasteiger partial charge in [0.15, 0.2) is 0 Å². The Morgan fingerprint density at radius 3 is 2.63 bits per heavy atom. The zero-order valence-corrected chi connectivity index (χ0v) is 10.9. The molecule has 2 N–H and O–H groups in total. The quantitative estimate of drug-likeness (QED) is 0.307. The molecule has 0 fully saturated rings. The highest BCUT2D eigenvalue weighted by Gasteiger charge is 2.20. The van der Waals surface area contributed by atoms with Crippen LogP contribution in [-0.2, 0) is 14.3 Å². The maximum absolute atomic E-state index is 11.3. The average molecular weight is 266 g/mol. The number of hydrogen-bond acceptors (Lipinski definition) is 5. The fourth-order valence-corrected chi connectivity index (χ4v) is 1.43. The molecule has 1 heterocycles. The molecule has 1 aliphatic heterocycles. The third-order valence-corrected chi connectivity index (χ3v) is 2.33. The van der Waals surface area contributed by atoms with Crippen LogP contribution in [0.5, 0.6) is 0 Å². The number of nitrogens with one attached hydrogen (secondary N) is 1. The molecule has 2 unspecified atom stereocenters. The second kappa shape index (κ2) is 8.91. The molecule has 0 aliphatic carbocycles. The van der Waals surface area contributed by atoms with E-state index in [1.807, 2.05) is 5.32 Å². The minimum absolute atomic E-state index is 0.0742. The van der Waals surface area contributed by atoms with Crippen molar-refractivity contribution in [2.24, 2.45) is 0 Å². The normalized spacial score (nSPS) is 21.2. The van der Waals surface area contributed by atoms with Gasteiger partial charge >= 0.3 is 0 Å². The number of aliphatic hydroxyl groups is 1. The minimum Gasteiger partial charge on any atom is -0.393 e. The molecule has 2 amide bonds. The predicted octanol–water partition coefficient (Wildman–Crippen LogP) is -0.383. The topological polar surface area (TPSA) is 78.9 Å². The maximum atomic E-state index is 11.3. The highest BCUT2D eigenvalue weighted by molar-refractivity contribution is 5.98. The van der Waals surface area contributed by atoms with Gasteiger partial charge in [0.25, 0.3) is 5.91 Å². The lowest BCUT2D eigenvalue weighted by Gasteiger charge is -2.23. The molecule has 0 aromatic heterocycles. The molecule has 0 saturated heterocycles. The van der Waals surface area contributed by atoms with Crippen LogP contribution in [0.2, 0.25) is 0 Å². The van der Waals surface area contributed by atoms with Crippen LogP contribution in [0.25, 0.3) is 0 Å². The zero-order valence-electron chi connectivity index (χ0n) is 10.9. The monoisotopic (exact) mass is 266 g/mol. The van der Waals surface area contributed by atoms with Crippen molar-refractivity contribution in [1.29, 1.82) is 0 Å². The second-order valence-corrected chi connectivity index (χ2v) is 3.70. The first kappa shape index (κ1) is 16.9. The Morgan fingerprint density at radius 2 is 2.16 bits per heavy atom. The first-order chi connectivity index (χ1) is 9.08. The summed E-state index contributed by atoms with van der Waals surface area (Å²) >= 11 is 0. The lowest BCUT2D eigenvalue weighted by Crippen LogP contribution is -2.30. The van der Waals surface area contributed by atoms with E-state index in [9.17, 15) is 9.59 Å². The predicted molar refractivity (Wildman–Crippen MR) is 70.5 cm³/mol. The third-order valence-electron chi connectivity index (χ3n) is 2.33. The van der Waals surface area contributed by atoms with E-state index in [0.29, 0.717) is 12.0 Å². The Bertz CT molecular complexity index is 387. The van der Waals surface area contributed by atoms with Gasteiger partial charge in [-0.3, -0.25) is 14.9 Å². The fourth-order valence-electron chi connectivity index (χ4n) is 1.43. The summed E-state index contributed by atoms with van der Waals surface area (Å²) in [6.45, 7) is 1.52. The summed E-state index contributed by atoms with van der Waals surface area (Å²) in [5.74, 6) is -0.451. The lowest BCUT2D eigenvalue weighted by molar-refractivity contribution is -0.122. The van der Waals surface area contributed by atoms with Gasteiger partial charge in [0.2, 0.25) is 6.41 Å². The zero-order chi connectivity index (χ0) is 14.8. The molecular weight excluding hydrogens is 248 g/mol. The van der Waals surface area contributed by atoms with Crippen molar-refractivity contribution in [1.82, 2.24) is 10.2 Å². The number of amides is 2. The van der Waals surface area contributed by atoms with Crippen LogP contribution in [0.3, 0.4) is 0 Å². The van der Waals surface area contributed by atoms with E-state index in [1.54, 1.807) is 37.2 Å². The molecule has 0 saturated carbocycles. The van der Waals surface area contributed by atoms with Crippen molar-refractivity contribution in [3.63, 3.8) is 0 Å². The van der Waals surface area contributed by atoms with E-state index < -0.39 is 5.91 Å². The maximum Gasteiger partial charge on any atom is 0.254 e. The minimum atomic E-state index is -0.451. The smallest absolute Gasteiger partial charge is 0.254 e. The molecule has 104 valence electrons. The van der Waals surface area contributed by atoms with E-state index in [0.717, 1.165) is 0 Å². The number of likely N-dealkylation sites (N-methyl/N-ethyl adjacent to an activating group) is 1. The summed E-state index contributed by atoms with van der Waals surface area (Å²) in [5.41, 5.74) is 0.393. The summed E-state index contributed by atoms with van der Waals surface area (Å²) in [6.07, 6.45) is 12.9. The molecule has 6 heteroatoms. The first-order valence-corrected chi connectivity index (χ1v) is 5.51. The van der Waals surface area contributed by atoms with Crippen LogP contribution in [0.1, 0.15) is 6.92 Å². The summed E-state index contributed by atoms with van der Waals surface area (Å²) in [5, 5.41) is 10.9. The number of hydrogen-bond donors (Lipinski definition) is 2. The molecule has 6 nitrogen and oxygen atoms in total. The average Bonchev–Trinajstić information content (AvgIpc) is 2.90. The number of carbonyl (C=O) groups excluding carboxylic acids is 2. The standard InChI is InChI=1S/C11H16N2O4.C2H2/c1-8(11(16)12-7-15)5-13(2)10-4-3-9(6-14)17-10;1-2/h3-5,7,9-10,14H,6H2,1-2H3,(H,12,15,16);1-2H/b8-5-;. The van der Waals surface area contributed by atoms with Gasteiger partial charge in [0.1, 0.15) is 12.3 Å². The van der Waals surface area contributed by atoms with Gasteiger partial charge in [-0.15, -0.1) is 12.8 Å². The summed E-state index contributed by atoms with van der Waals surface area (Å²) in [6, 6.07) is 0. The van der Waals surface area contributed by atoms with Crippen LogP contribution in [0, 0.1) is 12.8 Å². The van der Waals surface area contributed by atoms with E-state index in [1.165, 1.54) is 0 Å². The van der Waals surface area contributed by atoms with E-state index >= 15 is 0 Å². The van der Waals surface area contributed by atoms with Crippen LogP contribution in [0.4, 0.5) is 0 Å². The molecule has 2 atom stereocenters. The van der Waals surface area contributed by atoms with E-state index in [4.69, 9.17) is 9.84 Å². The van der Waals surface area contributed by atoms with Gasteiger partial charge < -0.3 is 14.7 Å². The summed E-state index contributed by atoms with van der Waals surface area (Å²) in [7, 11) is 1.74. The van der Waals surface area contributed by atoms with Crippen LogP contribution >= 0.6 is 0 Å². The van der Waals surface area contributed by atoms with Crippen molar-refractivity contribution in [3.8, 4) is 12.8 Å². The summed E-state index contributed by atoms with van der Waals surface area (Å²) in [4.78, 5) is 23.1. The Morgan fingerprint density at radius 1 is 1.53 bits per heavy atom. The molecule has 19 heavy (non-hydrogen) atoms. The largest absolute Gasteiger partial charge is 0.393 e. The van der Waals surface area contributed by atoms with Crippen molar-refractivity contribution in [2.45, 2.75) is 19.3 Å². The Hall–Kier alpha value is -2.10. The molecule has 0 bridgehead atoms. The van der Waals surface area contributed by atoms with Crippen molar-refractivity contribution in [2.75, 3.05) is 13.7 Å². The van der Waals surface area contributed by atoms with Gasteiger partial charge in [0.05, 0.1) is 6.61 Å². The van der Waals surface area contributed by atoms with Gasteiger partial charge in [-0.1, -0.05) is 6.08 Å². The Balaban J connectivity index is 0.00000154. The first-order valence-electron chi connectivity index (χ1n) is 5.51. The summed E-state index contributed by atoms with van der Waals surface area (Å²) < 4.78 is 5.43. The molecule has 0 radical (unpaired) electrons. The van der Waals surface area contributed by atoms with Crippen molar-refractivity contribution < 1.29 is 19.4 Å². The number of terminal acetylenes is 1. The Labute approximate surface area is 112 Å². The van der Waals surface area contributed by atoms with E-state index in [2.05, 4.69) is 12.8 Å². The number of nitrogens with zero attached hydrogens (tertiary/aromatic N) is 1. The molecule has 0 aromatic rings. The number of aliphatic hydroxyl groups excluding tert-OH is 1. The molecular formula is C13H18N2O4. The molecule has 1 rings (SSSR count). The second-order valence-electron chi connectivity index (χ2n) is 3.70. The number of carbonyl (C=O) groups is 2. The van der Waals surface area contributed by atoms with Gasteiger partial charge in [-0.05, 0) is 13.0 Å². The number of imide groups is 1. The van der Waals surface area contributed by atoms with Crippen molar-refractivity contribution in [3.05, 3.63) is 23.9 Å². The third kappa shape index (κ3) is 5.38. The van der Waals surface area contributed by atoms with E-state index in [-0.39, 0.29) is 18.9 Å². The SMILES string of the molecule is C#C.C/C(=C/N(C)C1C=CC(CO)O1)C(=O)NC=O. The highest BCUT2D eigenvalue weighted by atomic mass is 16.5. The van der Waals surface area contributed by atoms with Gasteiger partial charge in [-0.25, -0.2) is 0 Å². The Kier molecular flexibility index (Phi) is 7.93. The highest BCUT2D eigenvalue weighted by Crippen LogP contribution is 2.14. The van der Waals surface area contributed by atoms with Crippen molar-refractivity contribution >= 4 is 12.3 Å². The number of rotatable bonds is 5. The van der Waals surface area contributed by atoms with Gasteiger partial charge in [-0.2, -0.15) is 0 Å². The van der Waals surface area contributed by atoms with Crippen LogP contribution in [0.15, 0.2) is 23.9 Å². The lowest BCUT2D eigenvalue weighted by atomic mass is 10.3. The van der Waals surface area contributed by atoms with Crippen LogP contribution in [-0.4, -0.2) is 48.3 Å². The number of ether oxygens (including phenoxy) is 1.